The summed E-state index contributed by atoms with van der Waals surface area (Å²) in [5.41, 5.74) is 3.19. The molecule has 0 saturated heterocycles. The van der Waals surface area contributed by atoms with Crippen LogP contribution in [0.2, 0.25) is 0 Å². The number of carbonyl (C=O) groups is 1. The maximum atomic E-state index is 12.0. The van der Waals surface area contributed by atoms with Gasteiger partial charge in [-0.2, -0.15) is 0 Å². The highest BCUT2D eigenvalue weighted by molar-refractivity contribution is 5.92. The Morgan fingerprint density at radius 1 is 1.14 bits per heavy atom. The number of carboxylic acid groups (broad SMARTS) is 1. The van der Waals surface area contributed by atoms with Crippen molar-refractivity contribution in [2.45, 2.75) is 84.7 Å². The van der Waals surface area contributed by atoms with Gasteiger partial charge in [-0.15, -0.1) is 0 Å². The van der Waals surface area contributed by atoms with Crippen LogP contribution < -0.4 is 10.1 Å². The van der Waals surface area contributed by atoms with Crippen molar-refractivity contribution in [3.8, 4) is 17.1 Å². The first kappa shape index (κ1) is 25.5. The molecule has 8 nitrogen and oxygen atoms in total. The van der Waals surface area contributed by atoms with Crippen molar-refractivity contribution in [2.75, 3.05) is 12.4 Å². The molecule has 0 spiro atoms. The van der Waals surface area contributed by atoms with E-state index < -0.39 is 5.97 Å². The molecule has 2 N–H and O–H groups in total. The molecule has 0 bridgehead atoms. The number of nitrogens with zero attached hydrogens (tertiary/aromatic N) is 4. The third kappa shape index (κ3) is 5.15. The zero-order valence-electron chi connectivity index (χ0n) is 22.5. The first-order chi connectivity index (χ1) is 17.9. The number of fused-ring (bicyclic) bond motifs is 1. The second-order valence-corrected chi connectivity index (χ2v) is 11.0. The Morgan fingerprint density at radius 3 is 2.49 bits per heavy atom. The number of imidazole rings is 1. The molecule has 2 saturated carbocycles. The van der Waals surface area contributed by atoms with Crippen LogP contribution in [0.5, 0.6) is 5.75 Å². The summed E-state index contributed by atoms with van der Waals surface area (Å²) in [6, 6.07) is 6.26. The van der Waals surface area contributed by atoms with Crippen molar-refractivity contribution in [2.24, 2.45) is 17.8 Å². The van der Waals surface area contributed by atoms with Gasteiger partial charge in [-0.1, -0.05) is 44.2 Å². The maximum Gasteiger partial charge on any atom is 0.374 e. The number of methoxy groups -OCH3 is 1. The molecule has 2 aliphatic rings. The van der Waals surface area contributed by atoms with Gasteiger partial charge in [0.05, 0.1) is 12.7 Å². The fourth-order valence-corrected chi connectivity index (χ4v) is 5.97. The third-order valence-electron chi connectivity index (χ3n) is 8.60. The van der Waals surface area contributed by atoms with Gasteiger partial charge in [0.2, 0.25) is 5.82 Å². The predicted molar refractivity (Wildman–Crippen MR) is 145 cm³/mol. The van der Waals surface area contributed by atoms with Crippen molar-refractivity contribution in [1.82, 2.24) is 19.5 Å². The second-order valence-electron chi connectivity index (χ2n) is 11.0. The van der Waals surface area contributed by atoms with E-state index in [9.17, 15) is 9.90 Å². The quantitative estimate of drug-likeness (QED) is 0.350. The molecule has 2 aromatic heterocycles. The lowest BCUT2D eigenvalue weighted by Gasteiger charge is -2.32. The van der Waals surface area contributed by atoms with E-state index in [1.807, 2.05) is 12.1 Å². The van der Waals surface area contributed by atoms with Gasteiger partial charge < -0.3 is 19.7 Å². The van der Waals surface area contributed by atoms with Crippen molar-refractivity contribution >= 4 is 23.0 Å². The van der Waals surface area contributed by atoms with Crippen LogP contribution in [-0.2, 0) is 6.54 Å². The number of ether oxygens (including phenoxy) is 1. The maximum absolute atomic E-state index is 12.0. The fourth-order valence-electron chi connectivity index (χ4n) is 5.97. The van der Waals surface area contributed by atoms with Gasteiger partial charge in [0.1, 0.15) is 17.1 Å². The van der Waals surface area contributed by atoms with Gasteiger partial charge in [-0.25, -0.2) is 19.7 Å². The van der Waals surface area contributed by atoms with Crippen LogP contribution in [0.15, 0.2) is 18.2 Å². The number of nitrogens with one attached hydrogen (secondary N) is 1. The topological polar surface area (TPSA) is 102 Å². The molecular formula is C29H39N5O3. The van der Waals surface area contributed by atoms with Gasteiger partial charge >= 0.3 is 5.97 Å². The van der Waals surface area contributed by atoms with Crippen LogP contribution in [0, 0.1) is 24.7 Å². The van der Waals surface area contributed by atoms with Crippen molar-refractivity contribution < 1.29 is 14.6 Å². The molecule has 8 heteroatoms. The highest BCUT2D eigenvalue weighted by atomic mass is 16.5. The van der Waals surface area contributed by atoms with Crippen LogP contribution in [-0.4, -0.2) is 43.7 Å². The number of anilines is 1. The first-order valence-corrected chi connectivity index (χ1v) is 13.8. The fraction of sp³-hybridized carbons (Fsp3) is 0.586. The number of rotatable bonds is 9. The molecule has 2 aliphatic carbocycles. The number of aromatic carboxylic acids is 1. The lowest BCUT2D eigenvalue weighted by molar-refractivity contribution is 0.0684. The monoisotopic (exact) mass is 505 g/mol. The van der Waals surface area contributed by atoms with Gasteiger partial charge in [-0.3, -0.25) is 0 Å². The zero-order valence-corrected chi connectivity index (χ0v) is 22.5. The number of aromatic nitrogens is 4. The molecule has 5 rings (SSSR count). The Bertz CT molecular complexity index is 1270. The smallest absolute Gasteiger partial charge is 0.374 e. The van der Waals surface area contributed by atoms with Crippen LogP contribution in [0.25, 0.3) is 22.6 Å². The van der Waals surface area contributed by atoms with Gasteiger partial charge in [0, 0.05) is 12.6 Å². The Labute approximate surface area is 218 Å². The molecule has 198 valence electrons. The summed E-state index contributed by atoms with van der Waals surface area (Å²) in [6.07, 6.45) is 9.70. The average molecular weight is 506 g/mol. The molecule has 2 fully saturated rings. The minimum absolute atomic E-state index is 0.189. The van der Waals surface area contributed by atoms with E-state index in [0.717, 1.165) is 40.7 Å². The van der Waals surface area contributed by atoms with Crippen LogP contribution >= 0.6 is 0 Å². The third-order valence-corrected chi connectivity index (χ3v) is 8.60. The van der Waals surface area contributed by atoms with E-state index >= 15 is 0 Å². The number of benzene rings is 1. The summed E-state index contributed by atoms with van der Waals surface area (Å²) in [7, 11) is 1.67. The zero-order chi connectivity index (χ0) is 26.1. The summed E-state index contributed by atoms with van der Waals surface area (Å²) in [5, 5.41) is 13.4. The van der Waals surface area contributed by atoms with Gasteiger partial charge in [-0.05, 0) is 69.4 Å². The predicted octanol–water partition coefficient (Wildman–Crippen LogP) is 6.33. The Balaban J connectivity index is 1.66. The molecule has 3 aromatic rings. The molecule has 1 aromatic carbocycles. The molecule has 0 amide bonds. The van der Waals surface area contributed by atoms with Crippen LogP contribution in [0.4, 0.5) is 5.82 Å². The Morgan fingerprint density at radius 2 is 1.86 bits per heavy atom. The molecule has 2 heterocycles. The van der Waals surface area contributed by atoms with Crippen molar-refractivity contribution in [1.29, 1.82) is 0 Å². The minimum Gasteiger partial charge on any atom is -0.496 e. The van der Waals surface area contributed by atoms with Crippen molar-refractivity contribution in [3.05, 3.63) is 29.6 Å². The number of hydrogen-bond acceptors (Lipinski definition) is 6. The minimum atomic E-state index is -1.15. The summed E-state index contributed by atoms with van der Waals surface area (Å²) < 4.78 is 7.96. The number of hydrogen-bond donors (Lipinski definition) is 2. The largest absolute Gasteiger partial charge is 0.496 e. The summed E-state index contributed by atoms with van der Waals surface area (Å²) in [5.74, 6) is 2.57. The molecule has 0 radical (unpaired) electrons. The van der Waals surface area contributed by atoms with E-state index in [4.69, 9.17) is 9.72 Å². The van der Waals surface area contributed by atoms with Gasteiger partial charge in [0.15, 0.2) is 11.5 Å². The highest BCUT2D eigenvalue weighted by Crippen LogP contribution is 2.38. The molecule has 0 unspecified atom stereocenters. The summed E-state index contributed by atoms with van der Waals surface area (Å²) in [4.78, 5) is 25.8. The SMILES string of the molecule is CCC1CCC(Cn2c(-c3cc(C)ccc3OC)nc3nc(C(=O)O)nc(N[C@H](C)C4CCC4)c32)CC1. The van der Waals surface area contributed by atoms with Crippen LogP contribution in [0.1, 0.15) is 81.4 Å². The lowest BCUT2D eigenvalue weighted by atomic mass is 9.80. The van der Waals surface area contributed by atoms with E-state index in [-0.39, 0.29) is 11.9 Å². The van der Waals surface area contributed by atoms with Crippen molar-refractivity contribution in [3.63, 3.8) is 0 Å². The average Bonchev–Trinajstić information content (AvgIpc) is 3.21. The first-order valence-electron chi connectivity index (χ1n) is 13.8. The molecule has 0 aliphatic heterocycles. The standard InChI is InChI=1S/C29H39N5O3/c1-5-19-10-12-20(13-11-19)16-34-24-25(30-18(3)21-7-6-8-21)31-27(29(35)36)32-26(24)33-28(34)22-15-17(2)9-14-23(22)37-4/h9,14-15,18-21H,5-8,10-13,16H2,1-4H3,(H,35,36)(H,30,31,32)/t18-,19?,20?/m1/s1. The Kier molecular flexibility index (Phi) is 7.36. The normalized spacial score (nSPS) is 21.0. The molecule has 37 heavy (non-hydrogen) atoms. The van der Waals surface area contributed by atoms with Crippen LogP contribution in [0.3, 0.4) is 0 Å². The molecular weight excluding hydrogens is 466 g/mol. The summed E-state index contributed by atoms with van der Waals surface area (Å²) >= 11 is 0. The van der Waals surface area contributed by atoms with Gasteiger partial charge in [0.25, 0.3) is 0 Å². The van der Waals surface area contributed by atoms with E-state index in [2.05, 4.69) is 46.7 Å². The van der Waals surface area contributed by atoms with E-state index in [0.29, 0.717) is 23.3 Å². The second kappa shape index (κ2) is 10.7. The Hall–Kier alpha value is -3.16. The lowest BCUT2D eigenvalue weighted by Crippen LogP contribution is -2.31. The number of aryl methyl sites for hydroxylation is 1. The molecule has 1 atom stereocenters. The van der Waals surface area contributed by atoms with E-state index in [1.54, 1.807) is 7.11 Å². The number of carboxylic acids is 1. The summed E-state index contributed by atoms with van der Waals surface area (Å²) in [6.45, 7) is 7.30. The van der Waals surface area contributed by atoms with E-state index in [1.165, 1.54) is 51.4 Å². The highest BCUT2D eigenvalue weighted by Gasteiger charge is 2.29.